The third kappa shape index (κ3) is 5.85. The van der Waals surface area contributed by atoms with Gasteiger partial charge in [0, 0.05) is 41.8 Å². The number of hydrogen-bond donors (Lipinski definition) is 3. The van der Waals surface area contributed by atoms with Crippen molar-refractivity contribution in [2.24, 2.45) is 40.2 Å². The second-order valence-corrected chi connectivity index (χ2v) is 12.3. The molecule has 0 saturated heterocycles. The zero-order valence-corrected chi connectivity index (χ0v) is 23.5. The van der Waals surface area contributed by atoms with E-state index >= 15 is 0 Å². The van der Waals surface area contributed by atoms with Crippen LogP contribution in [0.15, 0.2) is 46.8 Å². The van der Waals surface area contributed by atoms with Crippen LogP contribution in [0, 0.1) is 34.5 Å². The van der Waals surface area contributed by atoms with Gasteiger partial charge in [0.25, 0.3) is 0 Å². The summed E-state index contributed by atoms with van der Waals surface area (Å²) < 4.78 is 0. The quantitative estimate of drug-likeness (QED) is 0.254. The van der Waals surface area contributed by atoms with E-state index in [1.165, 1.54) is 16.8 Å². The Morgan fingerprint density at radius 3 is 2.60 bits per heavy atom. The Labute approximate surface area is 215 Å². The molecule has 0 aromatic rings. The first-order chi connectivity index (χ1) is 16.6. The molecule has 0 fully saturated rings. The van der Waals surface area contributed by atoms with Gasteiger partial charge in [-0.05, 0) is 94.7 Å². The van der Waals surface area contributed by atoms with Crippen LogP contribution in [0.4, 0.5) is 0 Å². The number of nitrogens with one attached hydrogen (secondary N) is 2. The van der Waals surface area contributed by atoms with Crippen molar-refractivity contribution in [3.63, 3.8) is 0 Å². The number of carbonyl (C=O) groups excluding carboxylic acids is 1. The first-order valence-corrected chi connectivity index (χ1v) is 14.0. The summed E-state index contributed by atoms with van der Waals surface area (Å²) in [6.45, 7) is 18.1. The van der Waals surface area contributed by atoms with Crippen LogP contribution in [0.5, 0.6) is 0 Å². The van der Waals surface area contributed by atoms with Crippen molar-refractivity contribution in [1.82, 2.24) is 10.6 Å². The van der Waals surface area contributed by atoms with Gasteiger partial charge >= 0.3 is 0 Å². The van der Waals surface area contributed by atoms with Crippen molar-refractivity contribution < 1.29 is 4.79 Å². The summed E-state index contributed by atoms with van der Waals surface area (Å²) in [7, 11) is 0. The minimum Gasteiger partial charge on any atom is -0.366 e. The SMILES string of the molecule is CCCNCC(CN)C(CC)(C1=C(C)CC(C)(C)CC1=O)C1CC=CC([C@H]2C=C(C)NC=C2C)C1. The first kappa shape index (κ1) is 27.9. The Bertz CT molecular complexity index is 893. The molecule has 5 atom stereocenters. The van der Waals surface area contributed by atoms with Gasteiger partial charge in [-0.1, -0.05) is 51.5 Å². The topological polar surface area (TPSA) is 67.1 Å². The minimum absolute atomic E-state index is 0.0388. The normalized spacial score (nSPS) is 29.3. The van der Waals surface area contributed by atoms with Crippen LogP contribution < -0.4 is 16.4 Å². The monoisotopic (exact) mass is 481 g/mol. The average Bonchev–Trinajstić information content (AvgIpc) is 2.80. The third-order valence-corrected chi connectivity index (χ3v) is 9.00. The molecule has 3 rings (SSSR count). The summed E-state index contributed by atoms with van der Waals surface area (Å²) in [5.41, 5.74) is 11.5. The Hall–Kier alpha value is -1.65. The predicted octanol–water partition coefficient (Wildman–Crippen LogP) is 6.27. The molecular weight excluding hydrogens is 430 g/mol. The second kappa shape index (κ2) is 11.6. The standard InChI is InChI=1S/C31H51N3O/c1-8-13-33-20-26(18-32)31(9-2,29-21(3)16-30(6,7)17-28(29)35)25-12-10-11-24(15-25)27-14-23(5)34-19-22(27)4/h10-11,14,19,24-27,33-34H,8-9,12-13,15-18,20,32H2,1-7H3/t24?,25?,26?,27-,31?/m0/s1. The lowest BCUT2D eigenvalue weighted by molar-refractivity contribution is -0.120. The van der Waals surface area contributed by atoms with Gasteiger partial charge in [0.05, 0.1) is 0 Å². The number of carbonyl (C=O) groups is 1. The van der Waals surface area contributed by atoms with Gasteiger partial charge in [0.2, 0.25) is 0 Å². The highest BCUT2D eigenvalue weighted by Gasteiger charge is 2.51. The molecule has 0 saturated carbocycles. The van der Waals surface area contributed by atoms with Gasteiger partial charge in [-0.15, -0.1) is 0 Å². The molecule has 4 N–H and O–H groups in total. The molecule has 0 spiro atoms. The molecule has 1 aliphatic heterocycles. The predicted molar refractivity (Wildman–Crippen MR) is 149 cm³/mol. The number of rotatable bonds is 10. The Morgan fingerprint density at radius 1 is 1.23 bits per heavy atom. The van der Waals surface area contributed by atoms with Crippen LogP contribution in [-0.4, -0.2) is 25.4 Å². The first-order valence-electron chi connectivity index (χ1n) is 14.0. The van der Waals surface area contributed by atoms with Crippen LogP contribution in [0.3, 0.4) is 0 Å². The van der Waals surface area contributed by atoms with E-state index in [1.807, 2.05) is 0 Å². The van der Waals surface area contributed by atoms with Crippen LogP contribution in [0.1, 0.15) is 87.0 Å². The summed E-state index contributed by atoms with van der Waals surface area (Å²) >= 11 is 0. The number of Topliss-reactive ketones (excluding diaryl/α,β-unsaturated/α-hetero) is 1. The number of hydrogen-bond acceptors (Lipinski definition) is 4. The highest BCUT2D eigenvalue weighted by Crippen LogP contribution is 2.56. The second-order valence-electron chi connectivity index (χ2n) is 12.3. The fourth-order valence-corrected chi connectivity index (χ4v) is 7.55. The van der Waals surface area contributed by atoms with E-state index in [0.29, 0.717) is 36.5 Å². The van der Waals surface area contributed by atoms with Crippen molar-refractivity contribution in [3.8, 4) is 0 Å². The van der Waals surface area contributed by atoms with E-state index in [4.69, 9.17) is 5.73 Å². The van der Waals surface area contributed by atoms with Crippen LogP contribution in [0.2, 0.25) is 0 Å². The van der Waals surface area contributed by atoms with Gasteiger partial charge in [-0.3, -0.25) is 4.79 Å². The smallest absolute Gasteiger partial charge is 0.159 e. The van der Waals surface area contributed by atoms with E-state index < -0.39 is 0 Å². The maximum Gasteiger partial charge on any atom is 0.159 e. The van der Waals surface area contributed by atoms with Gasteiger partial charge in [-0.2, -0.15) is 0 Å². The molecule has 1 heterocycles. The molecule has 0 amide bonds. The fourth-order valence-electron chi connectivity index (χ4n) is 7.55. The maximum absolute atomic E-state index is 13.9. The summed E-state index contributed by atoms with van der Waals surface area (Å²) in [5.74, 6) is 1.88. The molecule has 35 heavy (non-hydrogen) atoms. The van der Waals surface area contributed by atoms with Crippen LogP contribution >= 0.6 is 0 Å². The molecular formula is C31H51N3O. The molecule has 4 nitrogen and oxygen atoms in total. The van der Waals surface area contributed by atoms with Crippen molar-refractivity contribution in [3.05, 3.63) is 46.8 Å². The lowest BCUT2D eigenvalue weighted by atomic mass is 9.52. The number of allylic oxidation sites excluding steroid dienone is 7. The Balaban J connectivity index is 2.07. The molecule has 2 aliphatic carbocycles. The van der Waals surface area contributed by atoms with Gasteiger partial charge in [0.1, 0.15) is 0 Å². The molecule has 0 bridgehead atoms. The largest absolute Gasteiger partial charge is 0.366 e. The summed E-state index contributed by atoms with van der Waals surface area (Å²) in [6.07, 6.45) is 15.2. The number of dihydropyridines is 1. The lowest BCUT2D eigenvalue weighted by Gasteiger charge is -2.52. The Morgan fingerprint density at radius 2 is 1.97 bits per heavy atom. The average molecular weight is 482 g/mol. The van der Waals surface area contributed by atoms with Gasteiger partial charge in [0.15, 0.2) is 5.78 Å². The molecule has 0 aromatic heterocycles. The third-order valence-electron chi connectivity index (χ3n) is 9.00. The highest BCUT2D eigenvalue weighted by atomic mass is 16.1. The van der Waals surface area contributed by atoms with Crippen molar-refractivity contribution in [2.45, 2.75) is 87.0 Å². The summed E-state index contributed by atoms with van der Waals surface area (Å²) in [4.78, 5) is 13.9. The van der Waals surface area contributed by atoms with Crippen molar-refractivity contribution >= 4 is 5.78 Å². The zero-order chi connectivity index (χ0) is 25.8. The van der Waals surface area contributed by atoms with Gasteiger partial charge < -0.3 is 16.4 Å². The lowest BCUT2D eigenvalue weighted by Crippen LogP contribution is -2.51. The fraction of sp³-hybridized carbons (Fsp3) is 0.710. The van der Waals surface area contributed by atoms with E-state index in [9.17, 15) is 4.79 Å². The van der Waals surface area contributed by atoms with E-state index in [0.717, 1.165) is 50.8 Å². The van der Waals surface area contributed by atoms with Crippen molar-refractivity contribution in [1.29, 1.82) is 0 Å². The molecule has 3 aliphatic rings. The number of ketones is 1. The summed E-state index contributed by atoms with van der Waals surface area (Å²) in [5, 5.41) is 7.06. The van der Waals surface area contributed by atoms with E-state index in [1.54, 1.807) is 0 Å². The van der Waals surface area contributed by atoms with E-state index in [2.05, 4.69) is 83.5 Å². The molecule has 0 aromatic carbocycles. The molecule has 4 heteroatoms. The molecule has 196 valence electrons. The maximum atomic E-state index is 13.9. The Kier molecular flexibility index (Phi) is 9.26. The zero-order valence-electron chi connectivity index (χ0n) is 23.5. The molecule has 4 unspecified atom stereocenters. The number of nitrogens with two attached hydrogens (primary N) is 1. The highest BCUT2D eigenvalue weighted by molar-refractivity contribution is 5.99. The molecule has 0 radical (unpaired) electrons. The van der Waals surface area contributed by atoms with Gasteiger partial charge in [-0.25, -0.2) is 0 Å². The van der Waals surface area contributed by atoms with E-state index in [-0.39, 0.29) is 16.7 Å². The van der Waals surface area contributed by atoms with Crippen LogP contribution in [-0.2, 0) is 4.79 Å². The summed E-state index contributed by atoms with van der Waals surface area (Å²) in [6, 6.07) is 0. The van der Waals surface area contributed by atoms with Crippen molar-refractivity contribution in [2.75, 3.05) is 19.6 Å². The van der Waals surface area contributed by atoms with Crippen LogP contribution in [0.25, 0.3) is 0 Å². The minimum atomic E-state index is -0.195.